The van der Waals surface area contributed by atoms with E-state index in [-0.39, 0.29) is 11.9 Å². The summed E-state index contributed by atoms with van der Waals surface area (Å²) in [5.74, 6) is 1.76. The molecular weight excluding hydrogens is 286 g/mol. The number of nitrogens with zero attached hydrogens (tertiary/aromatic N) is 2. The Morgan fingerprint density at radius 1 is 1.48 bits per heavy atom. The van der Waals surface area contributed by atoms with Crippen molar-refractivity contribution in [2.24, 2.45) is 5.73 Å². The van der Waals surface area contributed by atoms with E-state index < -0.39 is 0 Å². The maximum absolute atomic E-state index is 12.3. The van der Waals surface area contributed by atoms with Gasteiger partial charge in [-0.1, -0.05) is 0 Å². The van der Waals surface area contributed by atoms with Gasteiger partial charge in [-0.25, -0.2) is 4.98 Å². The first-order valence-electron chi connectivity index (χ1n) is 7.16. The standard InChI is InChI=1S/C15H19N3O2S/c1-10-2-3-13(20-10)15-17-12(9-21-15)8-14(19)18-6-4-11(16)5-7-18/h2-3,9,11H,4-8,16H2,1H3. The molecule has 1 aliphatic rings. The highest BCUT2D eigenvalue weighted by molar-refractivity contribution is 7.13. The zero-order valence-electron chi connectivity index (χ0n) is 12.0. The largest absolute Gasteiger partial charge is 0.459 e. The number of aromatic nitrogens is 1. The van der Waals surface area contributed by atoms with Crippen molar-refractivity contribution < 1.29 is 9.21 Å². The Morgan fingerprint density at radius 3 is 2.90 bits per heavy atom. The van der Waals surface area contributed by atoms with Gasteiger partial charge in [0.25, 0.3) is 0 Å². The first-order chi connectivity index (χ1) is 10.1. The number of thiazole rings is 1. The summed E-state index contributed by atoms with van der Waals surface area (Å²) in [5, 5.41) is 2.76. The molecule has 2 aromatic rings. The maximum Gasteiger partial charge on any atom is 0.228 e. The number of carbonyl (C=O) groups is 1. The lowest BCUT2D eigenvalue weighted by atomic mass is 10.1. The van der Waals surface area contributed by atoms with Crippen molar-refractivity contribution in [3.8, 4) is 10.8 Å². The van der Waals surface area contributed by atoms with E-state index in [1.807, 2.05) is 29.3 Å². The van der Waals surface area contributed by atoms with Gasteiger partial charge >= 0.3 is 0 Å². The van der Waals surface area contributed by atoms with Crippen LogP contribution >= 0.6 is 11.3 Å². The van der Waals surface area contributed by atoms with Gasteiger partial charge in [0, 0.05) is 24.5 Å². The van der Waals surface area contributed by atoms with Crippen molar-refractivity contribution in [1.82, 2.24) is 9.88 Å². The van der Waals surface area contributed by atoms with Crippen molar-refractivity contribution in [3.63, 3.8) is 0 Å². The van der Waals surface area contributed by atoms with Crippen molar-refractivity contribution in [2.75, 3.05) is 13.1 Å². The van der Waals surface area contributed by atoms with Crippen molar-refractivity contribution in [2.45, 2.75) is 32.2 Å². The summed E-state index contributed by atoms with van der Waals surface area (Å²) in [7, 11) is 0. The predicted octanol–water partition coefficient (Wildman–Crippen LogP) is 2.20. The van der Waals surface area contributed by atoms with Crippen LogP contribution in [0.25, 0.3) is 10.8 Å². The van der Waals surface area contributed by atoms with Gasteiger partial charge in [0.15, 0.2) is 10.8 Å². The Kier molecular flexibility index (Phi) is 4.07. The normalized spacial score (nSPS) is 16.4. The Morgan fingerprint density at radius 2 is 2.24 bits per heavy atom. The molecule has 0 radical (unpaired) electrons. The topological polar surface area (TPSA) is 72.4 Å². The van der Waals surface area contributed by atoms with Gasteiger partial charge in [-0.05, 0) is 31.9 Å². The van der Waals surface area contributed by atoms with Crippen molar-refractivity contribution >= 4 is 17.2 Å². The van der Waals surface area contributed by atoms with Crippen LogP contribution in [0.1, 0.15) is 24.3 Å². The summed E-state index contributed by atoms with van der Waals surface area (Å²) in [6.07, 6.45) is 2.13. The molecule has 1 aliphatic heterocycles. The van der Waals surface area contributed by atoms with Crippen LogP contribution in [0.4, 0.5) is 0 Å². The minimum Gasteiger partial charge on any atom is -0.459 e. The minimum absolute atomic E-state index is 0.134. The molecule has 0 bridgehead atoms. The molecule has 0 spiro atoms. The van der Waals surface area contributed by atoms with Gasteiger partial charge in [0.05, 0.1) is 12.1 Å². The van der Waals surface area contributed by atoms with Crippen molar-refractivity contribution in [3.05, 3.63) is 29.0 Å². The fourth-order valence-electron chi connectivity index (χ4n) is 2.47. The van der Waals surface area contributed by atoms with Gasteiger partial charge in [-0.15, -0.1) is 11.3 Å². The lowest BCUT2D eigenvalue weighted by Crippen LogP contribution is -2.43. The highest BCUT2D eigenvalue weighted by Gasteiger charge is 2.21. The number of aryl methyl sites for hydroxylation is 1. The molecule has 2 aromatic heterocycles. The number of nitrogens with two attached hydrogens (primary N) is 1. The first kappa shape index (κ1) is 14.3. The summed E-state index contributed by atoms with van der Waals surface area (Å²) in [4.78, 5) is 18.6. The van der Waals surface area contributed by atoms with Crippen molar-refractivity contribution in [1.29, 1.82) is 0 Å². The quantitative estimate of drug-likeness (QED) is 0.943. The molecule has 1 amide bonds. The van der Waals surface area contributed by atoms with E-state index in [0.717, 1.165) is 48.2 Å². The van der Waals surface area contributed by atoms with Gasteiger partial charge in [-0.3, -0.25) is 4.79 Å². The fourth-order valence-corrected chi connectivity index (χ4v) is 3.25. The van der Waals surface area contributed by atoms with Gasteiger partial charge in [0.1, 0.15) is 5.76 Å². The number of rotatable bonds is 3. The molecule has 3 rings (SSSR count). The van der Waals surface area contributed by atoms with E-state index >= 15 is 0 Å². The van der Waals surface area contributed by atoms with E-state index in [9.17, 15) is 4.79 Å². The van der Waals surface area contributed by atoms with E-state index in [4.69, 9.17) is 10.2 Å². The van der Waals surface area contributed by atoms with E-state index in [1.165, 1.54) is 11.3 Å². The number of carbonyl (C=O) groups excluding carboxylic acids is 1. The van der Waals surface area contributed by atoms with Crippen LogP contribution in [-0.4, -0.2) is 34.9 Å². The first-order valence-corrected chi connectivity index (χ1v) is 8.04. The number of hydrogen-bond donors (Lipinski definition) is 1. The van der Waals surface area contributed by atoms with Gasteiger partial charge in [-0.2, -0.15) is 0 Å². The van der Waals surface area contributed by atoms with Crippen LogP contribution in [0.2, 0.25) is 0 Å². The summed E-state index contributed by atoms with van der Waals surface area (Å²) in [6, 6.07) is 4.06. The summed E-state index contributed by atoms with van der Waals surface area (Å²) in [6.45, 7) is 3.42. The minimum atomic E-state index is 0.134. The summed E-state index contributed by atoms with van der Waals surface area (Å²) < 4.78 is 5.55. The zero-order valence-corrected chi connectivity index (χ0v) is 12.9. The molecule has 1 saturated heterocycles. The molecule has 0 unspecified atom stereocenters. The lowest BCUT2D eigenvalue weighted by molar-refractivity contribution is -0.131. The van der Waals surface area contributed by atoms with Crippen LogP contribution in [0.15, 0.2) is 21.9 Å². The molecule has 3 heterocycles. The van der Waals surface area contributed by atoms with E-state index in [1.54, 1.807) is 0 Å². The molecular formula is C15H19N3O2S. The van der Waals surface area contributed by atoms with Crippen LogP contribution in [0.3, 0.4) is 0 Å². The Balaban J connectivity index is 1.63. The average molecular weight is 305 g/mol. The molecule has 21 heavy (non-hydrogen) atoms. The summed E-state index contributed by atoms with van der Waals surface area (Å²) in [5.41, 5.74) is 6.67. The third-order valence-corrected chi connectivity index (χ3v) is 4.63. The van der Waals surface area contributed by atoms with E-state index in [0.29, 0.717) is 6.42 Å². The third kappa shape index (κ3) is 3.33. The molecule has 0 aromatic carbocycles. The second-order valence-corrected chi connectivity index (χ2v) is 6.31. The number of hydrogen-bond acceptors (Lipinski definition) is 5. The second kappa shape index (κ2) is 5.99. The average Bonchev–Trinajstić information content (AvgIpc) is 3.08. The molecule has 0 atom stereocenters. The highest BCUT2D eigenvalue weighted by atomic mass is 32.1. The highest BCUT2D eigenvalue weighted by Crippen LogP contribution is 2.26. The van der Waals surface area contributed by atoms with Crippen LogP contribution < -0.4 is 5.73 Å². The zero-order chi connectivity index (χ0) is 14.8. The molecule has 6 heteroatoms. The van der Waals surface area contributed by atoms with Crippen LogP contribution in [-0.2, 0) is 11.2 Å². The smallest absolute Gasteiger partial charge is 0.228 e. The summed E-state index contributed by atoms with van der Waals surface area (Å²) >= 11 is 1.51. The molecule has 2 N–H and O–H groups in total. The molecule has 112 valence electrons. The Labute approximate surface area is 127 Å². The van der Waals surface area contributed by atoms with Crippen LogP contribution in [0, 0.1) is 6.92 Å². The third-order valence-electron chi connectivity index (χ3n) is 3.73. The predicted molar refractivity (Wildman–Crippen MR) is 82.0 cm³/mol. The van der Waals surface area contributed by atoms with Crippen LogP contribution in [0.5, 0.6) is 0 Å². The monoisotopic (exact) mass is 305 g/mol. The van der Waals surface area contributed by atoms with Gasteiger partial charge in [0.2, 0.25) is 5.91 Å². The van der Waals surface area contributed by atoms with E-state index in [2.05, 4.69) is 4.98 Å². The van der Waals surface area contributed by atoms with Gasteiger partial charge < -0.3 is 15.1 Å². The Hall–Kier alpha value is -1.66. The fraction of sp³-hybridized carbons (Fsp3) is 0.467. The second-order valence-electron chi connectivity index (χ2n) is 5.45. The Bertz CT molecular complexity index is 626. The SMILES string of the molecule is Cc1ccc(-c2nc(CC(=O)N3CCC(N)CC3)cs2)o1. The molecule has 1 fully saturated rings. The number of likely N-dealkylation sites (tertiary alicyclic amines) is 1. The number of furan rings is 1. The number of amides is 1. The maximum atomic E-state index is 12.3. The molecule has 5 nitrogen and oxygen atoms in total. The molecule has 0 saturated carbocycles. The molecule has 0 aliphatic carbocycles. The lowest BCUT2D eigenvalue weighted by Gasteiger charge is -2.30. The number of piperidine rings is 1.